The van der Waals surface area contributed by atoms with Gasteiger partial charge in [-0.2, -0.15) is 0 Å². The fraction of sp³-hybridized carbons (Fsp3) is 0.556. The third-order valence-electron chi connectivity index (χ3n) is 2.54. The molecule has 2 rings (SSSR count). The fourth-order valence-corrected chi connectivity index (χ4v) is 1.91. The van der Waals surface area contributed by atoms with Gasteiger partial charge in [0.05, 0.1) is 5.69 Å². The first kappa shape index (κ1) is 9.05. The van der Waals surface area contributed by atoms with Crippen molar-refractivity contribution in [3.8, 4) is 0 Å². The summed E-state index contributed by atoms with van der Waals surface area (Å²) in [6.45, 7) is 0.867. The van der Waals surface area contributed by atoms with E-state index in [1.165, 1.54) is 0 Å². The molecular weight excluding hydrogens is 182 g/mol. The average Bonchev–Trinajstić information content (AvgIpc) is 2.56. The van der Waals surface area contributed by atoms with E-state index in [1.807, 2.05) is 4.57 Å². The normalized spacial score (nSPS) is 14.9. The minimum atomic E-state index is -0.933. The van der Waals surface area contributed by atoms with Gasteiger partial charge in [-0.1, -0.05) is 0 Å². The number of carboxylic acids is 1. The van der Waals surface area contributed by atoms with E-state index in [-0.39, 0.29) is 5.69 Å². The Kier molecular flexibility index (Phi) is 2.15. The summed E-state index contributed by atoms with van der Waals surface area (Å²) >= 11 is 0. The lowest BCUT2D eigenvalue weighted by atomic mass is 10.1. The Labute approximate surface area is 81.8 Å². The first-order chi connectivity index (χ1) is 6.74. The summed E-state index contributed by atoms with van der Waals surface area (Å²) in [5.74, 6) is -0.269. The summed E-state index contributed by atoms with van der Waals surface area (Å²) in [6, 6.07) is 0. The Morgan fingerprint density at radius 3 is 3.00 bits per heavy atom. The molecule has 0 spiro atoms. The second kappa shape index (κ2) is 3.32. The molecule has 2 N–H and O–H groups in total. The predicted octanol–water partition coefficient (Wildman–Crippen LogP) is 0.959. The van der Waals surface area contributed by atoms with Crippen LogP contribution in [0.4, 0.5) is 5.95 Å². The van der Waals surface area contributed by atoms with Gasteiger partial charge in [-0.25, -0.2) is 9.78 Å². The lowest BCUT2D eigenvalue weighted by Crippen LogP contribution is -2.14. The van der Waals surface area contributed by atoms with Crippen molar-refractivity contribution in [1.82, 2.24) is 9.55 Å². The molecule has 0 amide bonds. The van der Waals surface area contributed by atoms with E-state index in [2.05, 4.69) is 10.3 Å². The summed E-state index contributed by atoms with van der Waals surface area (Å²) in [5.41, 5.74) is 1.06. The highest BCUT2D eigenvalue weighted by Gasteiger charge is 2.22. The molecule has 1 aliphatic heterocycles. The first-order valence-electron chi connectivity index (χ1n) is 4.74. The largest absolute Gasteiger partial charge is 0.476 e. The number of hydrogen-bond donors (Lipinski definition) is 2. The number of hydrogen-bond acceptors (Lipinski definition) is 3. The van der Waals surface area contributed by atoms with Crippen LogP contribution in [0.25, 0.3) is 0 Å². The number of rotatable bonds is 2. The molecule has 5 nitrogen and oxygen atoms in total. The van der Waals surface area contributed by atoms with Crippen molar-refractivity contribution >= 4 is 11.9 Å². The van der Waals surface area contributed by atoms with Crippen LogP contribution in [0.1, 0.15) is 29.0 Å². The Balaban J connectivity index is 2.52. The molecule has 0 aromatic carbocycles. The lowest BCUT2D eigenvalue weighted by molar-refractivity contribution is 0.0689. The maximum atomic E-state index is 10.9. The summed E-state index contributed by atoms with van der Waals surface area (Å²) in [5, 5.41) is 11.9. The zero-order valence-electron chi connectivity index (χ0n) is 8.08. The zero-order valence-corrected chi connectivity index (χ0v) is 8.08. The maximum absolute atomic E-state index is 10.9. The molecule has 0 unspecified atom stereocenters. The highest BCUT2D eigenvalue weighted by Crippen LogP contribution is 2.23. The van der Waals surface area contributed by atoms with Gasteiger partial charge in [0.15, 0.2) is 5.69 Å². The molecule has 1 aromatic rings. The Morgan fingerprint density at radius 2 is 2.36 bits per heavy atom. The smallest absolute Gasteiger partial charge is 0.356 e. The molecule has 14 heavy (non-hydrogen) atoms. The van der Waals surface area contributed by atoms with Gasteiger partial charge in [0.1, 0.15) is 0 Å². The maximum Gasteiger partial charge on any atom is 0.356 e. The van der Waals surface area contributed by atoms with Crippen molar-refractivity contribution in [3.63, 3.8) is 0 Å². The summed E-state index contributed by atoms with van der Waals surface area (Å²) in [6.07, 6.45) is 2.96. The highest BCUT2D eigenvalue weighted by molar-refractivity contribution is 5.87. The van der Waals surface area contributed by atoms with Crippen LogP contribution in [0.3, 0.4) is 0 Å². The molecule has 0 fully saturated rings. The van der Waals surface area contributed by atoms with E-state index < -0.39 is 5.97 Å². The molecule has 0 atom stereocenters. The average molecular weight is 195 g/mol. The topological polar surface area (TPSA) is 67.2 Å². The minimum absolute atomic E-state index is 0.203. The third kappa shape index (κ3) is 1.25. The molecule has 0 saturated heterocycles. The molecule has 5 heteroatoms. The van der Waals surface area contributed by atoms with Gasteiger partial charge in [0, 0.05) is 13.6 Å². The van der Waals surface area contributed by atoms with Crippen molar-refractivity contribution in [2.75, 3.05) is 12.4 Å². The van der Waals surface area contributed by atoms with Crippen LogP contribution < -0.4 is 5.32 Å². The van der Waals surface area contributed by atoms with Gasteiger partial charge in [-0.05, 0) is 19.3 Å². The third-order valence-corrected chi connectivity index (χ3v) is 2.54. The van der Waals surface area contributed by atoms with Crippen LogP contribution in [-0.2, 0) is 13.0 Å². The molecule has 76 valence electrons. The van der Waals surface area contributed by atoms with Gasteiger partial charge in [0.25, 0.3) is 0 Å². The number of nitrogens with zero attached hydrogens (tertiary/aromatic N) is 2. The molecule has 1 aromatic heterocycles. The second-order valence-electron chi connectivity index (χ2n) is 3.39. The Bertz CT molecular complexity index is 370. The van der Waals surface area contributed by atoms with Gasteiger partial charge in [-0.3, -0.25) is 0 Å². The molecule has 2 heterocycles. The fourth-order valence-electron chi connectivity index (χ4n) is 1.91. The van der Waals surface area contributed by atoms with Crippen molar-refractivity contribution in [2.45, 2.75) is 25.8 Å². The van der Waals surface area contributed by atoms with Crippen LogP contribution in [0.15, 0.2) is 0 Å². The predicted molar refractivity (Wildman–Crippen MR) is 51.7 cm³/mol. The quantitative estimate of drug-likeness (QED) is 0.737. The van der Waals surface area contributed by atoms with Crippen molar-refractivity contribution in [3.05, 3.63) is 11.4 Å². The number of imidazole rings is 1. The number of aromatic nitrogens is 2. The van der Waals surface area contributed by atoms with Crippen molar-refractivity contribution in [1.29, 1.82) is 0 Å². The number of carboxylic acid groups (broad SMARTS) is 1. The van der Waals surface area contributed by atoms with Gasteiger partial charge in [-0.15, -0.1) is 0 Å². The number of aromatic carboxylic acids is 1. The summed E-state index contributed by atoms with van der Waals surface area (Å²) in [7, 11) is 1.76. The van der Waals surface area contributed by atoms with Crippen LogP contribution in [0, 0.1) is 0 Å². The Morgan fingerprint density at radius 1 is 1.57 bits per heavy atom. The lowest BCUT2D eigenvalue weighted by Gasteiger charge is -2.16. The second-order valence-corrected chi connectivity index (χ2v) is 3.39. The van der Waals surface area contributed by atoms with Gasteiger partial charge >= 0.3 is 5.97 Å². The molecular formula is C9H13N3O2. The number of fused-ring (bicyclic) bond motifs is 1. The Hall–Kier alpha value is -1.52. The minimum Gasteiger partial charge on any atom is -0.476 e. The molecule has 0 saturated carbocycles. The van der Waals surface area contributed by atoms with E-state index in [1.54, 1.807) is 7.05 Å². The highest BCUT2D eigenvalue weighted by atomic mass is 16.4. The van der Waals surface area contributed by atoms with Crippen LogP contribution in [0.5, 0.6) is 0 Å². The zero-order chi connectivity index (χ0) is 10.1. The van der Waals surface area contributed by atoms with Gasteiger partial charge in [0.2, 0.25) is 5.95 Å². The SMILES string of the molecule is CNc1nc(C(=O)O)c2n1CCCC2. The standard InChI is InChI=1S/C9H13N3O2/c1-10-9-11-7(8(13)14)6-4-2-3-5-12(6)9/h2-5H2,1H3,(H,10,11)(H,13,14). The molecule has 0 aliphatic carbocycles. The van der Waals surface area contributed by atoms with E-state index in [9.17, 15) is 4.79 Å². The van der Waals surface area contributed by atoms with E-state index in [0.29, 0.717) is 5.95 Å². The molecule has 0 bridgehead atoms. The first-order valence-corrected chi connectivity index (χ1v) is 4.74. The number of anilines is 1. The molecule has 0 radical (unpaired) electrons. The summed E-state index contributed by atoms with van der Waals surface area (Å²) < 4.78 is 1.97. The monoisotopic (exact) mass is 195 g/mol. The molecule has 1 aliphatic rings. The van der Waals surface area contributed by atoms with Crippen LogP contribution in [0.2, 0.25) is 0 Å². The van der Waals surface area contributed by atoms with Crippen LogP contribution in [-0.4, -0.2) is 27.7 Å². The number of nitrogens with one attached hydrogen (secondary N) is 1. The van der Waals surface area contributed by atoms with E-state index in [0.717, 1.165) is 31.5 Å². The number of carbonyl (C=O) groups is 1. The van der Waals surface area contributed by atoms with Crippen molar-refractivity contribution in [2.24, 2.45) is 0 Å². The van der Waals surface area contributed by atoms with Gasteiger partial charge < -0.3 is 15.0 Å². The van der Waals surface area contributed by atoms with E-state index >= 15 is 0 Å². The summed E-state index contributed by atoms with van der Waals surface area (Å²) in [4.78, 5) is 15.0. The van der Waals surface area contributed by atoms with E-state index in [4.69, 9.17) is 5.11 Å². The van der Waals surface area contributed by atoms with Crippen LogP contribution >= 0.6 is 0 Å². The van der Waals surface area contributed by atoms with Crippen molar-refractivity contribution < 1.29 is 9.90 Å².